The molecule has 1 atom stereocenters. The smallest absolute Gasteiger partial charge is 0.0900 e. The van der Waals surface area contributed by atoms with Crippen molar-refractivity contribution in [3.05, 3.63) is 45.2 Å². The van der Waals surface area contributed by atoms with Crippen LogP contribution in [0.5, 0.6) is 0 Å². The van der Waals surface area contributed by atoms with Gasteiger partial charge in [-0.25, -0.2) is 4.98 Å². The van der Waals surface area contributed by atoms with Crippen molar-refractivity contribution >= 4 is 27.3 Å². The molecule has 2 nitrogen and oxygen atoms in total. The van der Waals surface area contributed by atoms with Crippen LogP contribution in [0.1, 0.15) is 31.7 Å². The fourth-order valence-corrected chi connectivity index (χ4v) is 3.58. The van der Waals surface area contributed by atoms with Crippen molar-refractivity contribution in [2.75, 3.05) is 0 Å². The number of rotatable bonds is 3. The summed E-state index contributed by atoms with van der Waals surface area (Å²) in [6.07, 6.45) is 2.82. The minimum atomic E-state index is 0.309. The standard InChI is InChI=1S/C13H15BrN2S/c1-8-4-5-11(15-7-8)6-12(14)13-9(2)16-10(3)17-13/h4-5,7,12H,6H2,1-3H3. The van der Waals surface area contributed by atoms with Crippen LogP contribution in [0, 0.1) is 20.8 Å². The van der Waals surface area contributed by atoms with Gasteiger partial charge in [-0.05, 0) is 32.4 Å². The summed E-state index contributed by atoms with van der Waals surface area (Å²) in [4.78, 5) is 10.5. The fourth-order valence-electron chi connectivity index (χ4n) is 1.73. The molecule has 0 radical (unpaired) electrons. The van der Waals surface area contributed by atoms with Gasteiger partial charge >= 0.3 is 0 Å². The number of aromatic nitrogens is 2. The lowest BCUT2D eigenvalue weighted by atomic mass is 10.1. The van der Waals surface area contributed by atoms with E-state index >= 15 is 0 Å². The molecule has 0 saturated carbocycles. The predicted molar refractivity (Wildman–Crippen MR) is 75.9 cm³/mol. The van der Waals surface area contributed by atoms with Crippen LogP contribution in [0.15, 0.2) is 18.3 Å². The molecule has 17 heavy (non-hydrogen) atoms. The van der Waals surface area contributed by atoms with Gasteiger partial charge in [0.2, 0.25) is 0 Å². The van der Waals surface area contributed by atoms with Crippen LogP contribution >= 0.6 is 27.3 Å². The molecule has 0 N–H and O–H groups in total. The number of halogens is 1. The highest BCUT2D eigenvalue weighted by Crippen LogP contribution is 2.33. The Balaban J connectivity index is 2.14. The van der Waals surface area contributed by atoms with Gasteiger partial charge in [0.25, 0.3) is 0 Å². The van der Waals surface area contributed by atoms with E-state index in [1.54, 1.807) is 11.3 Å². The molecular weight excluding hydrogens is 296 g/mol. The first-order valence-electron chi connectivity index (χ1n) is 5.56. The number of nitrogens with zero attached hydrogens (tertiary/aromatic N) is 2. The Morgan fingerprint density at radius 1 is 1.29 bits per heavy atom. The van der Waals surface area contributed by atoms with Gasteiger partial charge in [-0.3, -0.25) is 4.98 Å². The van der Waals surface area contributed by atoms with Crippen molar-refractivity contribution in [3.63, 3.8) is 0 Å². The lowest BCUT2D eigenvalue weighted by molar-refractivity contribution is 0.905. The van der Waals surface area contributed by atoms with Crippen LogP contribution < -0.4 is 0 Å². The monoisotopic (exact) mass is 310 g/mol. The second-order valence-electron chi connectivity index (χ2n) is 4.18. The second kappa shape index (κ2) is 5.27. The highest BCUT2D eigenvalue weighted by Gasteiger charge is 2.15. The Morgan fingerprint density at radius 3 is 2.59 bits per heavy atom. The summed E-state index contributed by atoms with van der Waals surface area (Å²) in [5.74, 6) is 0. The lowest BCUT2D eigenvalue weighted by Crippen LogP contribution is -1.97. The highest BCUT2D eigenvalue weighted by molar-refractivity contribution is 9.09. The number of alkyl halides is 1. The zero-order chi connectivity index (χ0) is 12.4. The van der Waals surface area contributed by atoms with Gasteiger partial charge in [-0.15, -0.1) is 11.3 Å². The Hall–Kier alpha value is -0.740. The van der Waals surface area contributed by atoms with Gasteiger partial charge in [0.15, 0.2) is 0 Å². The van der Waals surface area contributed by atoms with Gasteiger partial charge in [0.1, 0.15) is 0 Å². The zero-order valence-electron chi connectivity index (χ0n) is 10.2. The van der Waals surface area contributed by atoms with Crippen molar-refractivity contribution in [1.82, 2.24) is 9.97 Å². The number of hydrogen-bond donors (Lipinski definition) is 0. The maximum Gasteiger partial charge on any atom is 0.0900 e. The van der Waals surface area contributed by atoms with Crippen molar-refractivity contribution in [2.24, 2.45) is 0 Å². The maximum atomic E-state index is 4.46. The molecule has 0 fully saturated rings. The normalized spacial score (nSPS) is 12.7. The first kappa shape index (κ1) is 12.7. The average Bonchev–Trinajstić information content (AvgIpc) is 2.61. The molecular formula is C13H15BrN2S. The molecule has 1 unspecified atom stereocenters. The number of thiazole rings is 1. The molecule has 2 rings (SSSR count). The summed E-state index contributed by atoms with van der Waals surface area (Å²) in [6, 6.07) is 4.19. The van der Waals surface area contributed by atoms with Crippen LogP contribution in [0.2, 0.25) is 0 Å². The molecule has 0 amide bonds. The number of pyridine rings is 1. The third-order valence-corrected chi connectivity index (χ3v) is 4.86. The first-order valence-corrected chi connectivity index (χ1v) is 7.29. The van der Waals surface area contributed by atoms with E-state index in [4.69, 9.17) is 0 Å². The van der Waals surface area contributed by atoms with Crippen LogP contribution in [-0.2, 0) is 6.42 Å². The summed E-state index contributed by atoms with van der Waals surface area (Å²) in [5.41, 5.74) is 3.44. The van der Waals surface area contributed by atoms with Crippen LogP contribution in [-0.4, -0.2) is 9.97 Å². The Bertz CT molecular complexity index is 505. The summed E-state index contributed by atoms with van der Waals surface area (Å²) in [6.45, 7) is 6.17. The molecule has 90 valence electrons. The van der Waals surface area contributed by atoms with Crippen molar-refractivity contribution in [2.45, 2.75) is 32.0 Å². The molecule has 0 aliphatic carbocycles. The molecule has 0 aromatic carbocycles. The molecule has 0 aliphatic heterocycles. The van der Waals surface area contributed by atoms with E-state index in [0.29, 0.717) is 4.83 Å². The SMILES string of the molecule is Cc1ccc(CC(Br)c2sc(C)nc2C)nc1. The van der Waals surface area contributed by atoms with Crippen molar-refractivity contribution in [3.8, 4) is 0 Å². The van der Waals surface area contributed by atoms with Crippen LogP contribution in [0.3, 0.4) is 0 Å². The topological polar surface area (TPSA) is 25.8 Å². The zero-order valence-corrected chi connectivity index (χ0v) is 12.6. The Labute approximate surface area is 114 Å². The van der Waals surface area contributed by atoms with Gasteiger partial charge in [0, 0.05) is 23.2 Å². The quantitative estimate of drug-likeness (QED) is 0.796. The van der Waals surface area contributed by atoms with Gasteiger partial charge in [-0.1, -0.05) is 22.0 Å². The molecule has 2 aromatic rings. The predicted octanol–water partition coefficient (Wildman–Crippen LogP) is 4.14. The van der Waals surface area contributed by atoms with Gasteiger partial charge < -0.3 is 0 Å². The molecule has 4 heteroatoms. The third-order valence-electron chi connectivity index (χ3n) is 2.58. The summed E-state index contributed by atoms with van der Waals surface area (Å²) >= 11 is 5.49. The summed E-state index contributed by atoms with van der Waals surface area (Å²) in [5, 5.41) is 1.12. The fraction of sp³-hybridized carbons (Fsp3) is 0.385. The maximum absolute atomic E-state index is 4.46. The minimum Gasteiger partial charge on any atom is -0.261 e. The van der Waals surface area contributed by atoms with Crippen LogP contribution in [0.4, 0.5) is 0 Å². The number of hydrogen-bond acceptors (Lipinski definition) is 3. The van der Waals surface area contributed by atoms with E-state index in [1.165, 1.54) is 10.4 Å². The molecule has 0 saturated heterocycles. The molecule has 0 aliphatic rings. The third kappa shape index (κ3) is 3.13. The molecule has 0 spiro atoms. The molecule has 0 bridgehead atoms. The van der Waals surface area contributed by atoms with Gasteiger partial charge in [-0.2, -0.15) is 0 Å². The molecule has 2 aromatic heterocycles. The van der Waals surface area contributed by atoms with Crippen molar-refractivity contribution < 1.29 is 0 Å². The highest BCUT2D eigenvalue weighted by atomic mass is 79.9. The first-order chi connectivity index (χ1) is 8.06. The average molecular weight is 311 g/mol. The van der Waals surface area contributed by atoms with E-state index in [0.717, 1.165) is 22.8 Å². The van der Waals surface area contributed by atoms with Crippen molar-refractivity contribution in [1.29, 1.82) is 0 Å². The largest absolute Gasteiger partial charge is 0.261 e. The van der Waals surface area contributed by atoms with E-state index < -0.39 is 0 Å². The molecule has 2 heterocycles. The van der Waals surface area contributed by atoms with E-state index in [1.807, 2.05) is 13.1 Å². The van der Waals surface area contributed by atoms with Crippen LogP contribution in [0.25, 0.3) is 0 Å². The second-order valence-corrected chi connectivity index (χ2v) is 6.52. The van der Waals surface area contributed by atoms with Gasteiger partial charge in [0.05, 0.1) is 15.5 Å². The summed E-state index contributed by atoms with van der Waals surface area (Å²) < 4.78 is 0. The Kier molecular flexibility index (Phi) is 3.94. The lowest BCUT2D eigenvalue weighted by Gasteiger charge is -2.08. The number of aryl methyl sites for hydroxylation is 3. The van der Waals surface area contributed by atoms with E-state index in [9.17, 15) is 0 Å². The van der Waals surface area contributed by atoms with E-state index in [-0.39, 0.29) is 0 Å². The minimum absolute atomic E-state index is 0.309. The summed E-state index contributed by atoms with van der Waals surface area (Å²) in [7, 11) is 0. The Morgan fingerprint density at radius 2 is 2.06 bits per heavy atom. The van der Waals surface area contributed by atoms with E-state index in [2.05, 4.69) is 51.9 Å².